The first-order valence-electron chi connectivity index (χ1n) is 8.83. The van der Waals surface area contributed by atoms with E-state index in [2.05, 4.69) is 10.3 Å². The quantitative estimate of drug-likeness (QED) is 0.464. The number of ether oxygens (including phenoxy) is 3. The first-order valence-corrected chi connectivity index (χ1v) is 9.64. The van der Waals surface area contributed by atoms with Crippen LogP contribution in [-0.4, -0.2) is 37.7 Å². The monoisotopic (exact) mass is 412 g/mol. The van der Waals surface area contributed by atoms with Crippen molar-refractivity contribution in [2.75, 3.05) is 26.1 Å². The zero-order chi connectivity index (χ0) is 20.8. The Morgan fingerprint density at radius 1 is 1.14 bits per heavy atom. The van der Waals surface area contributed by atoms with E-state index in [9.17, 15) is 9.59 Å². The van der Waals surface area contributed by atoms with Gasteiger partial charge in [0, 0.05) is 11.6 Å². The lowest BCUT2D eigenvalue weighted by Crippen LogP contribution is -2.07. The first kappa shape index (κ1) is 20.3. The molecule has 7 nitrogen and oxygen atoms in total. The number of nitrogens with zero attached hydrogens (tertiary/aromatic N) is 1. The Morgan fingerprint density at radius 3 is 2.69 bits per heavy atom. The Kier molecular flexibility index (Phi) is 6.46. The maximum atomic E-state index is 12.3. The molecule has 2 aromatic carbocycles. The number of anilines is 1. The Hall–Kier alpha value is -3.39. The summed E-state index contributed by atoms with van der Waals surface area (Å²) >= 11 is 1.28. The number of carbonyl (C=O) groups excluding carboxylic acids is 2. The fourth-order valence-electron chi connectivity index (χ4n) is 2.60. The summed E-state index contributed by atoms with van der Waals surface area (Å²) in [5.74, 6) is 0.568. The van der Waals surface area contributed by atoms with E-state index in [0.29, 0.717) is 39.9 Å². The number of benzene rings is 2. The molecule has 0 aliphatic rings. The van der Waals surface area contributed by atoms with Crippen molar-refractivity contribution < 1.29 is 23.8 Å². The number of hydrogen-bond acceptors (Lipinski definition) is 7. The highest BCUT2D eigenvalue weighted by atomic mass is 32.1. The molecular weight excluding hydrogens is 392 g/mol. The molecule has 1 amide bonds. The number of methoxy groups -OCH3 is 2. The van der Waals surface area contributed by atoms with E-state index in [-0.39, 0.29) is 11.9 Å². The molecule has 29 heavy (non-hydrogen) atoms. The minimum atomic E-state index is -0.386. The van der Waals surface area contributed by atoms with E-state index >= 15 is 0 Å². The summed E-state index contributed by atoms with van der Waals surface area (Å²) in [5, 5.41) is 3.17. The third kappa shape index (κ3) is 4.91. The molecule has 150 valence electrons. The SMILES string of the molecule is CCOC(=O)c1ccc2nc(NC(=O)/C=C/c3cc(OC)ccc3OC)sc2c1. The van der Waals surface area contributed by atoms with Crippen molar-refractivity contribution in [3.8, 4) is 11.5 Å². The summed E-state index contributed by atoms with van der Waals surface area (Å²) in [5.41, 5.74) is 1.85. The second-order valence-corrected chi connectivity index (χ2v) is 6.88. The number of aromatic nitrogens is 1. The van der Waals surface area contributed by atoms with Crippen LogP contribution in [0.1, 0.15) is 22.8 Å². The smallest absolute Gasteiger partial charge is 0.338 e. The minimum absolute atomic E-state index is 0.311. The van der Waals surface area contributed by atoms with Crippen molar-refractivity contribution in [3.05, 3.63) is 53.6 Å². The van der Waals surface area contributed by atoms with E-state index in [1.807, 2.05) is 0 Å². The molecule has 0 fully saturated rings. The molecule has 1 heterocycles. The largest absolute Gasteiger partial charge is 0.497 e. The van der Waals surface area contributed by atoms with Crippen LogP contribution in [0.15, 0.2) is 42.5 Å². The van der Waals surface area contributed by atoms with Crippen LogP contribution < -0.4 is 14.8 Å². The fraction of sp³-hybridized carbons (Fsp3) is 0.190. The van der Waals surface area contributed by atoms with Crippen molar-refractivity contribution in [2.24, 2.45) is 0 Å². The summed E-state index contributed by atoms with van der Waals surface area (Å²) < 4.78 is 16.3. The van der Waals surface area contributed by atoms with Gasteiger partial charge in [0.25, 0.3) is 0 Å². The third-order valence-corrected chi connectivity index (χ3v) is 4.91. The number of carbonyl (C=O) groups is 2. The molecule has 3 aromatic rings. The topological polar surface area (TPSA) is 86.8 Å². The Labute approximate surface area is 171 Å². The van der Waals surface area contributed by atoms with Gasteiger partial charge in [0.05, 0.1) is 36.6 Å². The maximum absolute atomic E-state index is 12.3. The first-order chi connectivity index (χ1) is 14.0. The number of fused-ring (bicyclic) bond motifs is 1. The van der Waals surface area contributed by atoms with Gasteiger partial charge in [0.15, 0.2) is 5.13 Å². The highest BCUT2D eigenvalue weighted by molar-refractivity contribution is 7.22. The predicted octanol–water partition coefficient (Wildman–Crippen LogP) is 4.14. The minimum Gasteiger partial charge on any atom is -0.497 e. The zero-order valence-electron chi connectivity index (χ0n) is 16.2. The zero-order valence-corrected chi connectivity index (χ0v) is 17.0. The molecule has 0 radical (unpaired) electrons. The highest BCUT2D eigenvalue weighted by Crippen LogP contribution is 2.28. The molecule has 0 unspecified atom stereocenters. The van der Waals surface area contributed by atoms with E-state index in [4.69, 9.17) is 14.2 Å². The second-order valence-electron chi connectivity index (χ2n) is 5.85. The van der Waals surface area contributed by atoms with E-state index in [0.717, 1.165) is 4.70 Å². The van der Waals surface area contributed by atoms with Crippen LogP contribution in [0.3, 0.4) is 0 Å². The summed E-state index contributed by atoms with van der Waals surface area (Å²) in [6.07, 6.45) is 3.04. The van der Waals surface area contributed by atoms with Gasteiger partial charge in [-0.3, -0.25) is 10.1 Å². The summed E-state index contributed by atoms with van der Waals surface area (Å²) in [6.45, 7) is 2.07. The lowest BCUT2D eigenvalue weighted by atomic mass is 10.1. The molecule has 0 bridgehead atoms. The average molecular weight is 412 g/mol. The van der Waals surface area contributed by atoms with Gasteiger partial charge < -0.3 is 14.2 Å². The van der Waals surface area contributed by atoms with Crippen molar-refractivity contribution in [1.29, 1.82) is 0 Å². The van der Waals surface area contributed by atoms with E-state index < -0.39 is 0 Å². The average Bonchev–Trinajstić information content (AvgIpc) is 3.13. The standard InChI is InChI=1S/C21H20N2O5S/c1-4-28-20(25)14-5-8-16-18(12-14)29-21(22-16)23-19(24)10-6-13-11-15(26-2)7-9-17(13)27-3/h5-12H,4H2,1-3H3,(H,22,23,24)/b10-6+. The maximum Gasteiger partial charge on any atom is 0.338 e. The Morgan fingerprint density at radius 2 is 1.97 bits per heavy atom. The third-order valence-electron chi connectivity index (χ3n) is 3.98. The molecule has 0 saturated carbocycles. The van der Waals surface area contributed by atoms with Crippen LogP contribution in [0.4, 0.5) is 5.13 Å². The van der Waals surface area contributed by atoms with Crippen molar-refractivity contribution in [3.63, 3.8) is 0 Å². The lowest BCUT2D eigenvalue weighted by molar-refractivity contribution is -0.111. The second kappa shape index (κ2) is 9.20. The van der Waals surface area contributed by atoms with Crippen molar-refractivity contribution >= 4 is 44.6 Å². The molecule has 3 rings (SSSR count). The van der Waals surface area contributed by atoms with Gasteiger partial charge in [-0.25, -0.2) is 9.78 Å². The van der Waals surface area contributed by atoms with Gasteiger partial charge in [0.2, 0.25) is 5.91 Å². The highest BCUT2D eigenvalue weighted by Gasteiger charge is 2.11. The summed E-state index contributed by atoms with van der Waals surface area (Å²) in [7, 11) is 3.13. The van der Waals surface area contributed by atoms with Gasteiger partial charge >= 0.3 is 5.97 Å². The molecule has 8 heteroatoms. The number of amides is 1. The van der Waals surface area contributed by atoms with Gasteiger partial charge in [0.1, 0.15) is 11.5 Å². The van der Waals surface area contributed by atoms with Crippen LogP contribution in [0.2, 0.25) is 0 Å². The number of hydrogen-bond donors (Lipinski definition) is 1. The van der Waals surface area contributed by atoms with Crippen LogP contribution in [0.5, 0.6) is 11.5 Å². The van der Waals surface area contributed by atoms with Gasteiger partial charge in [-0.1, -0.05) is 11.3 Å². The van der Waals surface area contributed by atoms with Gasteiger partial charge in [-0.2, -0.15) is 0 Å². The van der Waals surface area contributed by atoms with Gasteiger partial charge in [-0.15, -0.1) is 0 Å². The molecule has 0 spiro atoms. The molecular formula is C21H20N2O5S. The van der Waals surface area contributed by atoms with Gasteiger partial charge in [-0.05, 0) is 49.4 Å². The Bertz CT molecular complexity index is 1070. The van der Waals surface area contributed by atoms with Crippen LogP contribution in [0, 0.1) is 0 Å². The number of rotatable bonds is 7. The van der Waals surface area contributed by atoms with Crippen LogP contribution in [-0.2, 0) is 9.53 Å². The van der Waals surface area contributed by atoms with Crippen molar-refractivity contribution in [2.45, 2.75) is 6.92 Å². The molecule has 0 aliphatic carbocycles. The molecule has 0 atom stereocenters. The summed E-state index contributed by atoms with van der Waals surface area (Å²) in [6, 6.07) is 10.4. The number of nitrogens with one attached hydrogen (secondary N) is 1. The molecule has 1 N–H and O–H groups in total. The summed E-state index contributed by atoms with van der Waals surface area (Å²) in [4.78, 5) is 28.5. The normalized spacial score (nSPS) is 10.9. The molecule has 0 aliphatic heterocycles. The van der Waals surface area contributed by atoms with Crippen LogP contribution in [0.25, 0.3) is 16.3 Å². The van der Waals surface area contributed by atoms with Crippen molar-refractivity contribution in [1.82, 2.24) is 4.98 Å². The molecule has 1 aromatic heterocycles. The van der Waals surface area contributed by atoms with E-state index in [1.54, 1.807) is 63.6 Å². The van der Waals surface area contributed by atoms with Crippen LogP contribution >= 0.6 is 11.3 Å². The number of esters is 1. The van der Waals surface area contributed by atoms with E-state index in [1.165, 1.54) is 17.4 Å². The number of thiazole rings is 1. The molecule has 0 saturated heterocycles. The lowest BCUT2D eigenvalue weighted by Gasteiger charge is -2.07. The fourth-order valence-corrected chi connectivity index (χ4v) is 3.51. The Balaban J connectivity index is 1.74. The predicted molar refractivity (Wildman–Crippen MR) is 113 cm³/mol.